The number of hydrogen-bond donors (Lipinski definition) is 1. The van der Waals surface area contributed by atoms with Crippen LogP contribution in [0.2, 0.25) is 0 Å². The first-order valence-electron chi connectivity index (χ1n) is 6.88. The Morgan fingerprint density at radius 1 is 1.05 bits per heavy atom. The van der Waals surface area contributed by atoms with E-state index < -0.39 is 0 Å². The Morgan fingerprint density at radius 2 is 1.77 bits per heavy atom. The third-order valence-corrected chi connectivity index (χ3v) is 3.47. The van der Waals surface area contributed by atoms with E-state index in [0.717, 1.165) is 22.0 Å². The summed E-state index contributed by atoms with van der Waals surface area (Å²) in [6.07, 6.45) is 3.16. The molecule has 108 valence electrons. The molecule has 0 radical (unpaired) electrons. The van der Waals surface area contributed by atoms with Crippen LogP contribution in [0.15, 0.2) is 54.6 Å². The molecule has 0 saturated carbocycles. The Kier molecular flexibility index (Phi) is 3.66. The number of carbonyl (C=O) groups excluding carboxylic acids is 1. The number of aryl methyl sites for hydroxylation is 1. The number of carbonyl (C=O) groups is 1. The van der Waals surface area contributed by atoms with Gasteiger partial charge in [-0.15, -0.1) is 10.2 Å². The number of ketones is 1. The Hall–Kier alpha value is -3.01. The van der Waals surface area contributed by atoms with Crippen molar-refractivity contribution in [3.05, 3.63) is 71.4 Å². The molecule has 0 aliphatic heterocycles. The minimum Gasteiger partial charge on any atom is -0.508 e. The standard InChI is InChI=1S/C18H14N2O2/c1-12-15-4-2-3-5-16(15)19-20-18(12)17(22)11-8-13-6-9-14(21)10-7-13/h2-11,21H,1H3/b11-8+. The number of benzene rings is 2. The summed E-state index contributed by atoms with van der Waals surface area (Å²) in [6, 6.07) is 14.2. The van der Waals surface area contributed by atoms with Gasteiger partial charge in [-0.2, -0.15) is 0 Å². The number of allylic oxidation sites excluding steroid dienone is 1. The fourth-order valence-electron chi connectivity index (χ4n) is 2.25. The fourth-order valence-corrected chi connectivity index (χ4v) is 2.25. The zero-order chi connectivity index (χ0) is 15.5. The van der Waals surface area contributed by atoms with E-state index in [0.29, 0.717) is 5.69 Å². The van der Waals surface area contributed by atoms with Gasteiger partial charge in [0.1, 0.15) is 11.4 Å². The van der Waals surface area contributed by atoms with Gasteiger partial charge in [-0.25, -0.2) is 0 Å². The molecule has 0 atom stereocenters. The van der Waals surface area contributed by atoms with Crippen LogP contribution in [0.4, 0.5) is 0 Å². The highest BCUT2D eigenvalue weighted by atomic mass is 16.3. The lowest BCUT2D eigenvalue weighted by Gasteiger charge is -2.04. The molecule has 0 amide bonds. The molecular weight excluding hydrogens is 276 g/mol. The van der Waals surface area contributed by atoms with E-state index in [9.17, 15) is 9.90 Å². The van der Waals surface area contributed by atoms with Crippen molar-refractivity contribution in [3.8, 4) is 5.75 Å². The van der Waals surface area contributed by atoms with Crippen molar-refractivity contribution in [1.29, 1.82) is 0 Å². The zero-order valence-corrected chi connectivity index (χ0v) is 12.0. The number of phenols is 1. The van der Waals surface area contributed by atoms with Crippen LogP contribution in [0.3, 0.4) is 0 Å². The van der Waals surface area contributed by atoms with E-state index in [1.807, 2.05) is 31.2 Å². The Balaban J connectivity index is 1.92. The summed E-state index contributed by atoms with van der Waals surface area (Å²) in [5.74, 6) is 0.00328. The number of phenolic OH excluding ortho intramolecular Hbond substituents is 1. The molecule has 0 aliphatic rings. The molecule has 1 aromatic heterocycles. The van der Waals surface area contributed by atoms with E-state index in [-0.39, 0.29) is 11.5 Å². The zero-order valence-electron chi connectivity index (χ0n) is 12.0. The van der Waals surface area contributed by atoms with Crippen LogP contribution in [0, 0.1) is 6.92 Å². The van der Waals surface area contributed by atoms with Crippen molar-refractivity contribution in [2.24, 2.45) is 0 Å². The molecule has 1 N–H and O–H groups in total. The van der Waals surface area contributed by atoms with E-state index >= 15 is 0 Å². The molecule has 4 heteroatoms. The van der Waals surface area contributed by atoms with Crippen LogP contribution in [-0.4, -0.2) is 21.1 Å². The van der Waals surface area contributed by atoms with Gasteiger partial charge in [0.2, 0.25) is 5.78 Å². The first kappa shape index (κ1) is 13.9. The maximum Gasteiger partial charge on any atom is 0.206 e. The molecule has 0 saturated heterocycles. The van der Waals surface area contributed by atoms with Gasteiger partial charge >= 0.3 is 0 Å². The molecule has 3 rings (SSSR count). The minimum absolute atomic E-state index is 0.191. The summed E-state index contributed by atoms with van der Waals surface area (Å²) in [5, 5.41) is 18.3. The van der Waals surface area contributed by atoms with Crippen LogP contribution >= 0.6 is 0 Å². The lowest BCUT2D eigenvalue weighted by molar-refractivity contribution is 0.104. The number of rotatable bonds is 3. The van der Waals surface area contributed by atoms with E-state index in [1.165, 1.54) is 6.08 Å². The van der Waals surface area contributed by atoms with Crippen LogP contribution in [0.5, 0.6) is 5.75 Å². The van der Waals surface area contributed by atoms with Crippen LogP contribution < -0.4 is 0 Å². The van der Waals surface area contributed by atoms with Gasteiger partial charge in [0.15, 0.2) is 0 Å². The van der Waals surface area contributed by atoms with E-state index in [1.54, 1.807) is 30.3 Å². The largest absolute Gasteiger partial charge is 0.508 e. The van der Waals surface area contributed by atoms with Gasteiger partial charge in [0.25, 0.3) is 0 Å². The molecule has 0 bridgehead atoms. The summed E-state index contributed by atoms with van der Waals surface area (Å²) in [6.45, 7) is 1.87. The summed E-state index contributed by atoms with van der Waals surface area (Å²) in [5.41, 5.74) is 2.79. The first-order chi connectivity index (χ1) is 10.6. The van der Waals surface area contributed by atoms with Crippen LogP contribution in [-0.2, 0) is 0 Å². The second-order valence-corrected chi connectivity index (χ2v) is 4.98. The first-order valence-corrected chi connectivity index (χ1v) is 6.88. The predicted octanol–water partition coefficient (Wildman–Crippen LogP) is 3.54. The van der Waals surface area contributed by atoms with Crippen LogP contribution in [0.1, 0.15) is 21.6 Å². The number of fused-ring (bicyclic) bond motifs is 1. The average molecular weight is 290 g/mol. The second kappa shape index (κ2) is 5.77. The molecule has 0 fully saturated rings. The normalized spacial score (nSPS) is 11.1. The highest BCUT2D eigenvalue weighted by Gasteiger charge is 2.11. The predicted molar refractivity (Wildman–Crippen MR) is 85.7 cm³/mol. The van der Waals surface area contributed by atoms with Crippen LogP contribution in [0.25, 0.3) is 17.0 Å². The van der Waals surface area contributed by atoms with Crippen molar-refractivity contribution in [2.45, 2.75) is 6.92 Å². The number of nitrogens with zero attached hydrogens (tertiary/aromatic N) is 2. The smallest absolute Gasteiger partial charge is 0.206 e. The molecule has 0 spiro atoms. The number of aromatic nitrogens is 2. The summed E-state index contributed by atoms with van der Waals surface area (Å²) >= 11 is 0. The summed E-state index contributed by atoms with van der Waals surface area (Å²) in [4.78, 5) is 12.3. The Labute approximate surface area is 127 Å². The monoisotopic (exact) mass is 290 g/mol. The molecule has 0 unspecified atom stereocenters. The van der Waals surface area contributed by atoms with Gasteiger partial charge < -0.3 is 5.11 Å². The van der Waals surface area contributed by atoms with E-state index in [4.69, 9.17) is 0 Å². The van der Waals surface area contributed by atoms with Crippen molar-refractivity contribution in [1.82, 2.24) is 10.2 Å². The average Bonchev–Trinajstić information content (AvgIpc) is 2.55. The van der Waals surface area contributed by atoms with Crippen molar-refractivity contribution < 1.29 is 9.90 Å². The summed E-state index contributed by atoms with van der Waals surface area (Å²) in [7, 11) is 0. The molecule has 2 aromatic carbocycles. The van der Waals surface area contributed by atoms with Crippen molar-refractivity contribution in [3.63, 3.8) is 0 Å². The highest BCUT2D eigenvalue weighted by molar-refractivity contribution is 6.08. The SMILES string of the molecule is Cc1c(C(=O)/C=C/c2ccc(O)cc2)nnc2ccccc12. The van der Waals surface area contributed by atoms with Gasteiger partial charge in [-0.3, -0.25) is 4.79 Å². The second-order valence-electron chi connectivity index (χ2n) is 4.98. The topological polar surface area (TPSA) is 63.1 Å². The van der Waals surface area contributed by atoms with E-state index in [2.05, 4.69) is 10.2 Å². The summed E-state index contributed by atoms with van der Waals surface area (Å²) < 4.78 is 0. The highest BCUT2D eigenvalue weighted by Crippen LogP contribution is 2.18. The number of hydrogen-bond acceptors (Lipinski definition) is 4. The third-order valence-electron chi connectivity index (χ3n) is 3.47. The van der Waals surface area contributed by atoms with Crippen molar-refractivity contribution in [2.75, 3.05) is 0 Å². The third kappa shape index (κ3) is 2.72. The van der Waals surface area contributed by atoms with Gasteiger partial charge in [0, 0.05) is 5.39 Å². The molecule has 1 heterocycles. The van der Waals surface area contributed by atoms with Gasteiger partial charge in [-0.1, -0.05) is 36.4 Å². The molecule has 3 aromatic rings. The molecule has 4 nitrogen and oxygen atoms in total. The fraction of sp³-hybridized carbons (Fsp3) is 0.0556. The maximum atomic E-state index is 12.3. The lowest BCUT2D eigenvalue weighted by atomic mass is 10.1. The maximum absolute atomic E-state index is 12.3. The molecular formula is C18H14N2O2. The van der Waals surface area contributed by atoms with Crippen molar-refractivity contribution >= 4 is 22.8 Å². The minimum atomic E-state index is -0.191. The molecule has 0 aliphatic carbocycles. The Bertz CT molecular complexity index is 868. The quantitative estimate of drug-likeness (QED) is 0.592. The number of aromatic hydroxyl groups is 1. The Morgan fingerprint density at radius 3 is 2.55 bits per heavy atom. The lowest BCUT2D eigenvalue weighted by Crippen LogP contribution is -2.04. The van der Waals surface area contributed by atoms with Gasteiger partial charge in [-0.05, 0) is 42.3 Å². The van der Waals surface area contributed by atoms with Gasteiger partial charge in [0.05, 0.1) is 5.52 Å². The molecule has 22 heavy (non-hydrogen) atoms.